The zero-order valence-corrected chi connectivity index (χ0v) is 13.6. The Morgan fingerprint density at radius 1 is 1.38 bits per heavy atom. The van der Waals surface area contributed by atoms with E-state index in [4.69, 9.17) is 4.74 Å². The van der Waals surface area contributed by atoms with Gasteiger partial charge < -0.3 is 4.74 Å². The summed E-state index contributed by atoms with van der Waals surface area (Å²) < 4.78 is 5.11. The van der Waals surface area contributed by atoms with Gasteiger partial charge in [-0.1, -0.05) is 0 Å². The van der Waals surface area contributed by atoms with Gasteiger partial charge in [0.1, 0.15) is 5.75 Å². The van der Waals surface area contributed by atoms with E-state index < -0.39 is 0 Å². The average molecular weight is 304 g/mol. The van der Waals surface area contributed by atoms with Crippen LogP contribution in [0, 0.1) is 6.92 Å². The normalized spacial score (nSPS) is 12.4. The first-order valence-corrected chi connectivity index (χ1v) is 7.68. The molecule has 1 aromatic carbocycles. The molecule has 1 unspecified atom stereocenters. The van der Waals surface area contributed by atoms with Gasteiger partial charge in [-0.15, -0.1) is 11.3 Å². The smallest absolute Gasteiger partial charge is 0.179 e. The van der Waals surface area contributed by atoms with Crippen LogP contribution in [-0.4, -0.2) is 35.9 Å². The van der Waals surface area contributed by atoms with Gasteiger partial charge in [0, 0.05) is 17.0 Å². The number of ether oxygens (including phenoxy) is 1. The summed E-state index contributed by atoms with van der Waals surface area (Å²) in [6.45, 7) is 4.66. The summed E-state index contributed by atoms with van der Waals surface area (Å²) in [6, 6.07) is 7.06. The van der Waals surface area contributed by atoms with Crippen LogP contribution in [-0.2, 0) is 6.54 Å². The maximum atomic E-state index is 12.5. The molecule has 0 aliphatic rings. The second-order valence-electron chi connectivity index (χ2n) is 5.04. The number of methoxy groups -OCH3 is 1. The molecule has 1 atom stereocenters. The molecule has 1 aromatic heterocycles. The fourth-order valence-corrected chi connectivity index (χ4v) is 2.88. The highest BCUT2D eigenvalue weighted by atomic mass is 32.1. The molecule has 112 valence electrons. The minimum absolute atomic E-state index is 0.113. The van der Waals surface area contributed by atoms with Crippen molar-refractivity contribution in [2.45, 2.75) is 26.4 Å². The van der Waals surface area contributed by atoms with E-state index in [9.17, 15) is 4.79 Å². The number of carbonyl (C=O) groups excluding carboxylic acids is 1. The van der Waals surface area contributed by atoms with Crippen molar-refractivity contribution in [1.82, 2.24) is 9.88 Å². The van der Waals surface area contributed by atoms with Gasteiger partial charge in [0.2, 0.25) is 0 Å². The van der Waals surface area contributed by atoms with Gasteiger partial charge in [0.15, 0.2) is 5.78 Å². The highest BCUT2D eigenvalue weighted by molar-refractivity contribution is 7.09. The number of aryl methyl sites for hydroxylation is 1. The molecule has 0 fully saturated rings. The number of carbonyl (C=O) groups is 1. The van der Waals surface area contributed by atoms with Crippen molar-refractivity contribution in [3.63, 3.8) is 0 Å². The van der Waals surface area contributed by atoms with Gasteiger partial charge in [-0.25, -0.2) is 4.98 Å². The minimum atomic E-state index is -0.181. The van der Waals surface area contributed by atoms with Crippen LogP contribution in [0.1, 0.15) is 27.9 Å². The van der Waals surface area contributed by atoms with Gasteiger partial charge >= 0.3 is 0 Å². The number of benzene rings is 1. The fraction of sp³-hybridized carbons (Fsp3) is 0.375. The van der Waals surface area contributed by atoms with Crippen LogP contribution in [0.15, 0.2) is 29.8 Å². The molecule has 0 spiro atoms. The summed E-state index contributed by atoms with van der Waals surface area (Å²) in [5.74, 6) is 0.871. The number of ketones is 1. The Balaban J connectivity index is 2.05. The van der Waals surface area contributed by atoms with Crippen molar-refractivity contribution in [3.05, 3.63) is 45.9 Å². The Labute approximate surface area is 129 Å². The van der Waals surface area contributed by atoms with Crippen LogP contribution in [0.3, 0.4) is 0 Å². The predicted molar refractivity (Wildman–Crippen MR) is 85.1 cm³/mol. The molecule has 1 heterocycles. The lowest BCUT2D eigenvalue weighted by molar-refractivity contribution is 0.0863. The van der Waals surface area contributed by atoms with Crippen LogP contribution in [0.5, 0.6) is 5.75 Å². The molecule has 0 bridgehead atoms. The van der Waals surface area contributed by atoms with E-state index in [2.05, 4.69) is 4.98 Å². The molecule has 21 heavy (non-hydrogen) atoms. The first-order chi connectivity index (χ1) is 10.0. The largest absolute Gasteiger partial charge is 0.497 e. The lowest BCUT2D eigenvalue weighted by Gasteiger charge is -2.23. The number of aromatic nitrogens is 1. The quantitative estimate of drug-likeness (QED) is 0.769. The molecule has 0 amide bonds. The highest BCUT2D eigenvalue weighted by Gasteiger charge is 2.20. The topological polar surface area (TPSA) is 42.4 Å². The highest BCUT2D eigenvalue weighted by Crippen LogP contribution is 2.18. The SMILES string of the molecule is COc1ccc(C(=O)C(C)N(C)Cc2scnc2C)cc1. The summed E-state index contributed by atoms with van der Waals surface area (Å²) in [4.78, 5) is 20.0. The minimum Gasteiger partial charge on any atom is -0.497 e. The fourth-order valence-electron chi connectivity index (χ4n) is 2.04. The average Bonchev–Trinajstić information content (AvgIpc) is 2.91. The third-order valence-electron chi connectivity index (χ3n) is 3.65. The maximum Gasteiger partial charge on any atom is 0.179 e. The predicted octanol–water partition coefficient (Wildman–Crippen LogP) is 3.16. The molecule has 5 heteroatoms. The molecule has 0 N–H and O–H groups in total. The zero-order valence-electron chi connectivity index (χ0n) is 12.8. The van der Waals surface area contributed by atoms with Gasteiger partial charge in [0.05, 0.1) is 24.4 Å². The second-order valence-corrected chi connectivity index (χ2v) is 5.98. The van der Waals surface area contributed by atoms with Gasteiger partial charge in [0.25, 0.3) is 0 Å². The molecule has 0 saturated heterocycles. The number of Topliss-reactive ketones (excluding diaryl/α,β-unsaturated/α-hetero) is 1. The van der Waals surface area contributed by atoms with E-state index in [0.29, 0.717) is 5.56 Å². The number of nitrogens with zero attached hydrogens (tertiary/aromatic N) is 2. The molecular formula is C16H20N2O2S. The molecule has 2 rings (SSSR count). The molecular weight excluding hydrogens is 284 g/mol. The van der Waals surface area contributed by atoms with Crippen LogP contribution in [0.4, 0.5) is 0 Å². The van der Waals surface area contributed by atoms with E-state index in [0.717, 1.165) is 18.0 Å². The van der Waals surface area contributed by atoms with Crippen molar-refractivity contribution in [2.24, 2.45) is 0 Å². The Bertz CT molecular complexity index is 607. The standard InChI is InChI=1S/C16H20N2O2S/c1-11-15(21-10-17-11)9-18(3)12(2)16(19)13-5-7-14(20-4)8-6-13/h5-8,10,12H,9H2,1-4H3. The first kappa shape index (κ1) is 15.7. The Hall–Kier alpha value is -1.72. The first-order valence-electron chi connectivity index (χ1n) is 6.80. The number of likely N-dealkylation sites (N-methyl/N-ethyl adjacent to an activating group) is 1. The summed E-state index contributed by atoms with van der Waals surface area (Å²) in [5.41, 5.74) is 3.58. The van der Waals surface area contributed by atoms with Crippen molar-refractivity contribution >= 4 is 17.1 Å². The van der Waals surface area contributed by atoms with E-state index in [1.54, 1.807) is 18.4 Å². The van der Waals surface area contributed by atoms with Crippen molar-refractivity contribution in [2.75, 3.05) is 14.2 Å². The molecule has 2 aromatic rings. The van der Waals surface area contributed by atoms with Gasteiger partial charge in [-0.2, -0.15) is 0 Å². The van der Waals surface area contributed by atoms with E-state index in [1.807, 2.05) is 55.6 Å². The number of hydrogen-bond donors (Lipinski definition) is 0. The summed E-state index contributed by atoms with van der Waals surface area (Å²) >= 11 is 1.63. The van der Waals surface area contributed by atoms with Crippen molar-refractivity contribution < 1.29 is 9.53 Å². The Kier molecular flexibility index (Phi) is 5.09. The van der Waals surface area contributed by atoms with Gasteiger partial charge in [-0.05, 0) is 45.2 Å². The number of rotatable bonds is 6. The third kappa shape index (κ3) is 3.68. The summed E-state index contributed by atoms with van der Waals surface area (Å²) in [5, 5.41) is 0. The van der Waals surface area contributed by atoms with Crippen LogP contribution < -0.4 is 4.74 Å². The lowest BCUT2D eigenvalue weighted by Crippen LogP contribution is -2.35. The van der Waals surface area contributed by atoms with E-state index >= 15 is 0 Å². The van der Waals surface area contributed by atoms with Crippen molar-refractivity contribution in [3.8, 4) is 5.75 Å². The van der Waals surface area contributed by atoms with E-state index in [-0.39, 0.29) is 11.8 Å². The molecule has 0 aliphatic carbocycles. The third-order valence-corrected chi connectivity index (χ3v) is 4.57. The molecule has 0 saturated carbocycles. The summed E-state index contributed by atoms with van der Waals surface area (Å²) in [6.07, 6.45) is 0. The maximum absolute atomic E-state index is 12.5. The second kappa shape index (κ2) is 6.83. The molecule has 0 aliphatic heterocycles. The number of hydrogen-bond acceptors (Lipinski definition) is 5. The van der Waals surface area contributed by atoms with Gasteiger partial charge in [-0.3, -0.25) is 9.69 Å². The summed E-state index contributed by atoms with van der Waals surface area (Å²) in [7, 11) is 3.58. The Morgan fingerprint density at radius 3 is 2.57 bits per heavy atom. The van der Waals surface area contributed by atoms with Crippen LogP contribution >= 0.6 is 11.3 Å². The van der Waals surface area contributed by atoms with E-state index in [1.165, 1.54) is 4.88 Å². The zero-order chi connectivity index (χ0) is 15.4. The Morgan fingerprint density at radius 2 is 2.05 bits per heavy atom. The lowest BCUT2D eigenvalue weighted by atomic mass is 10.0. The number of thiazole rings is 1. The van der Waals surface area contributed by atoms with Crippen LogP contribution in [0.2, 0.25) is 0 Å². The molecule has 0 radical (unpaired) electrons. The monoisotopic (exact) mass is 304 g/mol. The van der Waals surface area contributed by atoms with Crippen LogP contribution in [0.25, 0.3) is 0 Å². The molecule has 4 nitrogen and oxygen atoms in total. The van der Waals surface area contributed by atoms with Crippen molar-refractivity contribution in [1.29, 1.82) is 0 Å².